The number of hydrogen-bond donors (Lipinski definition) is 0. The van der Waals surface area contributed by atoms with Gasteiger partial charge >= 0.3 is 0 Å². The van der Waals surface area contributed by atoms with E-state index in [9.17, 15) is 0 Å². The predicted octanol–water partition coefficient (Wildman–Crippen LogP) is 13.1. The second-order valence-electron chi connectivity index (χ2n) is 14.2. The molecule has 0 N–H and O–H groups in total. The van der Waals surface area contributed by atoms with Gasteiger partial charge in [-0.3, -0.25) is 0 Å². The van der Waals surface area contributed by atoms with E-state index in [2.05, 4.69) is 84.3 Å². The minimum Gasteiger partial charge on any atom is -0.486 e. The second-order valence-corrected chi connectivity index (χ2v) is 14.2. The zero-order valence-electron chi connectivity index (χ0n) is 39.4. The molecule has 1 radical (unpaired) electrons. The zero-order chi connectivity index (χ0) is 44.9. The van der Waals surface area contributed by atoms with Gasteiger partial charge in [0.25, 0.3) is 0 Å². The van der Waals surface area contributed by atoms with Crippen LogP contribution in [-0.2, 0) is 25.5 Å². The van der Waals surface area contributed by atoms with Gasteiger partial charge < -0.3 is 14.4 Å². The van der Waals surface area contributed by atoms with Crippen LogP contribution in [0.5, 0.6) is 0 Å². The van der Waals surface area contributed by atoms with Crippen LogP contribution in [0, 0.1) is 32.7 Å². The third-order valence-electron chi connectivity index (χ3n) is 9.43. The molecule has 0 saturated carbocycles. The molecule has 5 aromatic carbocycles. The quantitative estimate of drug-likeness (QED) is 0.165. The fourth-order valence-electron chi connectivity index (χ4n) is 6.50. The zero-order valence-corrected chi connectivity index (χ0v) is 32.8. The average molecular weight is 901 g/mol. The summed E-state index contributed by atoms with van der Waals surface area (Å²) in [7, 11) is 0. The molecule has 4 aromatic heterocycles. The van der Waals surface area contributed by atoms with Gasteiger partial charge in [-0.25, -0.2) is 4.98 Å². The van der Waals surface area contributed by atoms with E-state index in [-0.39, 0.29) is 42.3 Å². The van der Waals surface area contributed by atoms with Crippen LogP contribution in [0.25, 0.3) is 77.6 Å². The van der Waals surface area contributed by atoms with Gasteiger partial charge in [-0.05, 0) is 93.4 Å². The van der Waals surface area contributed by atoms with Crippen LogP contribution >= 0.6 is 0 Å². The number of furan rings is 1. The molecular weight excluding hydrogens is 851 g/mol. The summed E-state index contributed by atoms with van der Waals surface area (Å²) < 4.78 is 74.6. The van der Waals surface area contributed by atoms with Gasteiger partial charge in [-0.2, -0.15) is 0 Å². The van der Waals surface area contributed by atoms with Crippen molar-refractivity contribution in [2.75, 3.05) is 0 Å². The molecule has 0 fully saturated rings. The molecule has 9 aromatic rings. The number of aryl methyl sites for hydroxylation is 3. The fourth-order valence-corrected chi connectivity index (χ4v) is 6.50. The van der Waals surface area contributed by atoms with E-state index in [0.29, 0.717) is 33.7 Å². The molecule has 4 nitrogen and oxygen atoms in total. The van der Waals surface area contributed by atoms with Gasteiger partial charge in [-0.15, -0.1) is 47.5 Å². The first-order chi connectivity index (χ1) is 29.7. The molecule has 0 aliphatic heterocycles. The minimum absolute atomic E-state index is 0. The van der Waals surface area contributed by atoms with Gasteiger partial charge in [0.05, 0.1) is 5.58 Å². The number of rotatable bonds is 4. The van der Waals surface area contributed by atoms with E-state index in [4.69, 9.17) is 16.8 Å². The van der Waals surface area contributed by atoms with Crippen molar-refractivity contribution in [1.29, 1.82) is 0 Å². The standard InChI is InChI=1S/C31H25N2O.C19H16N.Ir/c1-19-8-13-26-25-6-5-7-27(29(25)34-30(26)33-19)28-18-23(14-15-32-28)20-9-10-22-17-24(31(2,3)4)12-11-21(22)16-20;1-14-8-11-19(20-13-14)17-10-9-15(2)18(12-17)16-6-4-3-5-7-16;/h5-6,8-18H,1-4H3;3-9,11-13H,1-2H3;/q2*-1;/i1D3;1D3,2D3;. The SMILES string of the molecule is [2H]C([2H])([2H])c1ccc(-c2[c-]cc(C([2H])([2H])[2H])c(-c3ccccc3)c2)nc1.[2H]C([2H])([2H])c1ccc2c(n1)oc1c(-c3cc(-c4ccc5cc(C(C)(C)C)ccc5c4)ccn3)[c-]ccc12.[Ir]. The van der Waals surface area contributed by atoms with Crippen LogP contribution in [0.1, 0.15) is 55.5 Å². The first kappa shape index (κ1) is 27.8. The molecule has 0 aliphatic rings. The summed E-state index contributed by atoms with van der Waals surface area (Å²) in [5.74, 6) is 0. The number of hydrogen-bond acceptors (Lipinski definition) is 4. The maximum absolute atomic E-state index is 7.77. The van der Waals surface area contributed by atoms with E-state index in [1.165, 1.54) is 40.7 Å². The number of benzene rings is 5. The Labute approximate surface area is 349 Å². The number of pyridine rings is 3. The van der Waals surface area contributed by atoms with E-state index in [1.54, 1.807) is 24.4 Å². The molecule has 0 atom stereocenters. The Bertz CT molecular complexity index is 3120. The van der Waals surface area contributed by atoms with Crippen molar-refractivity contribution in [1.82, 2.24) is 15.0 Å². The van der Waals surface area contributed by atoms with Crippen molar-refractivity contribution in [3.05, 3.63) is 174 Å². The Morgan fingerprint density at radius 3 is 2.29 bits per heavy atom. The van der Waals surface area contributed by atoms with E-state index < -0.39 is 20.6 Å². The van der Waals surface area contributed by atoms with E-state index >= 15 is 0 Å². The summed E-state index contributed by atoms with van der Waals surface area (Å²) in [6, 6.07) is 46.0. The largest absolute Gasteiger partial charge is 0.486 e. The van der Waals surface area contributed by atoms with Gasteiger partial charge in [-0.1, -0.05) is 123 Å². The molecule has 0 spiro atoms. The summed E-state index contributed by atoms with van der Waals surface area (Å²) in [4.78, 5) is 13.1. The summed E-state index contributed by atoms with van der Waals surface area (Å²) in [5.41, 5.74) is 8.76. The molecule has 0 bridgehead atoms. The maximum Gasteiger partial charge on any atom is 0.216 e. The summed E-state index contributed by atoms with van der Waals surface area (Å²) in [6.45, 7) is -0.102. The van der Waals surface area contributed by atoms with Crippen molar-refractivity contribution >= 4 is 32.8 Å². The average Bonchev–Trinajstić information content (AvgIpc) is 3.64. The molecule has 5 heteroatoms. The van der Waals surface area contributed by atoms with Gasteiger partial charge in [0.1, 0.15) is 0 Å². The monoisotopic (exact) mass is 901 g/mol. The van der Waals surface area contributed by atoms with Crippen LogP contribution in [0.15, 0.2) is 144 Å². The van der Waals surface area contributed by atoms with Crippen LogP contribution in [0.3, 0.4) is 0 Å². The molecule has 55 heavy (non-hydrogen) atoms. The summed E-state index contributed by atoms with van der Waals surface area (Å²) in [5, 5.41) is 4.01. The van der Waals surface area contributed by atoms with Crippen molar-refractivity contribution in [2.45, 2.75) is 46.7 Å². The molecular formula is C50H41IrN3O-2. The third kappa shape index (κ3) is 7.91. The summed E-state index contributed by atoms with van der Waals surface area (Å²) in [6.07, 6.45) is 3.11. The Hall–Kier alpha value is -5.74. The topological polar surface area (TPSA) is 51.8 Å². The minimum atomic E-state index is -2.30. The maximum atomic E-state index is 7.77. The first-order valence-electron chi connectivity index (χ1n) is 22.1. The number of aromatic nitrogens is 3. The van der Waals surface area contributed by atoms with Gasteiger partial charge in [0, 0.05) is 55.9 Å². The van der Waals surface area contributed by atoms with Crippen molar-refractivity contribution in [3.63, 3.8) is 0 Å². The van der Waals surface area contributed by atoms with Crippen molar-refractivity contribution in [3.8, 4) is 44.8 Å². The molecule has 9 rings (SSSR count). The Balaban J connectivity index is 0.000000201. The number of fused-ring (bicyclic) bond motifs is 4. The smallest absolute Gasteiger partial charge is 0.216 e. The van der Waals surface area contributed by atoms with Gasteiger partial charge in [0.15, 0.2) is 0 Å². The fraction of sp³-hybridized carbons (Fsp3) is 0.140. The first-order valence-corrected chi connectivity index (χ1v) is 17.6. The Morgan fingerprint density at radius 2 is 1.51 bits per heavy atom. The Morgan fingerprint density at radius 1 is 0.673 bits per heavy atom. The molecule has 273 valence electrons. The molecule has 0 amide bonds. The van der Waals surface area contributed by atoms with E-state index in [1.807, 2.05) is 54.6 Å². The molecule has 0 saturated heterocycles. The predicted molar refractivity (Wildman–Crippen MR) is 223 cm³/mol. The third-order valence-corrected chi connectivity index (χ3v) is 9.43. The van der Waals surface area contributed by atoms with Crippen molar-refractivity contribution < 1.29 is 36.9 Å². The molecule has 0 aliphatic carbocycles. The molecule has 4 heterocycles. The van der Waals surface area contributed by atoms with Crippen LogP contribution < -0.4 is 0 Å². The number of nitrogens with zero attached hydrogens (tertiary/aromatic N) is 3. The molecule has 0 unspecified atom stereocenters. The second kappa shape index (κ2) is 15.5. The van der Waals surface area contributed by atoms with E-state index in [0.717, 1.165) is 33.2 Å². The summed E-state index contributed by atoms with van der Waals surface area (Å²) >= 11 is 0. The van der Waals surface area contributed by atoms with Crippen LogP contribution in [0.2, 0.25) is 0 Å². The van der Waals surface area contributed by atoms with Crippen LogP contribution in [-0.4, -0.2) is 15.0 Å². The van der Waals surface area contributed by atoms with Crippen molar-refractivity contribution in [2.24, 2.45) is 0 Å². The van der Waals surface area contributed by atoms with Crippen LogP contribution in [0.4, 0.5) is 0 Å². The van der Waals surface area contributed by atoms with Gasteiger partial charge in [0.2, 0.25) is 5.71 Å². The Kier molecular flexibility index (Phi) is 7.85. The normalized spacial score (nSPS) is 14.4.